The SMILES string of the molecule is O=C(Nc1cc2ccccc2cc1C(=O)O)c1ccc2ccccc2c1. The number of hydrogen-bond donors (Lipinski definition) is 2. The average molecular weight is 341 g/mol. The van der Waals surface area contributed by atoms with Crippen molar-refractivity contribution in [2.24, 2.45) is 0 Å². The second-order valence-corrected chi connectivity index (χ2v) is 6.07. The highest BCUT2D eigenvalue weighted by Gasteiger charge is 2.15. The van der Waals surface area contributed by atoms with Gasteiger partial charge in [-0.1, -0.05) is 54.6 Å². The maximum absolute atomic E-state index is 12.7. The molecule has 0 aliphatic rings. The van der Waals surface area contributed by atoms with Crippen LogP contribution in [0.4, 0.5) is 5.69 Å². The number of carbonyl (C=O) groups is 2. The lowest BCUT2D eigenvalue weighted by atomic mass is 10.0. The number of anilines is 1. The molecule has 0 aromatic heterocycles. The van der Waals surface area contributed by atoms with Crippen LogP contribution < -0.4 is 5.32 Å². The van der Waals surface area contributed by atoms with Crippen molar-refractivity contribution in [1.82, 2.24) is 0 Å². The fourth-order valence-electron chi connectivity index (χ4n) is 3.05. The van der Waals surface area contributed by atoms with Crippen LogP contribution in [0.5, 0.6) is 0 Å². The van der Waals surface area contributed by atoms with Gasteiger partial charge >= 0.3 is 5.97 Å². The predicted molar refractivity (Wildman–Crippen MR) is 103 cm³/mol. The predicted octanol–water partition coefficient (Wildman–Crippen LogP) is 4.94. The summed E-state index contributed by atoms with van der Waals surface area (Å²) in [6.45, 7) is 0. The van der Waals surface area contributed by atoms with Crippen molar-refractivity contribution in [3.05, 3.63) is 90.0 Å². The van der Waals surface area contributed by atoms with Crippen LogP contribution in [0.25, 0.3) is 21.5 Å². The largest absolute Gasteiger partial charge is 0.478 e. The summed E-state index contributed by atoms with van der Waals surface area (Å²) in [5.41, 5.74) is 0.834. The van der Waals surface area contributed by atoms with E-state index in [1.807, 2.05) is 54.6 Å². The third-order valence-corrected chi connectivity index (χ3v) is 4.38. The van der Waals surface area contributed by atoms with E-state index in [-0.39, 0.29) is 17.2 Å². The Morgan fingerprint density at radius 2 is 1.27 bits per heavy atom. The molecular formula is C22H15NO3. The molecule has 4 aromatic rings. The van der Waals surface area contributed by atoms with Crippen LogP contribution in [-0.4, -0.2) is 17.0 Å². The number of aromatic carboxylic acids is 1. The molecule has 0 spiro atoms. The fourth-order valence-corrected chi connectivity index (χ4v) is 3.05. The monoisotopic (exact) mass is 341 g/mol. The minimum atomic E-state index is -1.08. The Labute approximate surface area is 149 Å². The van der Waals surface area contributed by atoms with Gasteiger partial charge in [0.05, 0.1) is 11.3 Å². The van der Waals surface area contributed by atoms with Crippen molar-refractivity contribution in [2.45, 2.75) is 0 Å². The first-order valence-electron chi connectivity index (χ1n) is 8.18. The maximum atomic E-state index is 12.7. The third-order valence-electron chi connectivity index (χ3n) is 4.38. The first-order chi connectivity index (χ1) is 12.6. The van der Waals surface area contributed by atoms with E-state index in [1.54, 1.807) is 24.3 Å². The Balaban J connectivity index is 1.74. The molecule has 4 aromatic carbocycles. The van der Waals surface area contributed by atoms with Crippen molar-refractivity contribution in [3.63, 3.8) is 0 Å². The molecule has 4 rings (SSSR count). The molecule has 2 N–H and O–H groups in total. The minimum absolute atomic E-state index is 0.0674. The van der Waals surface area contributed by atoms with Crippen molar-refractivity contribution in [1.29, 1.82) is 0 Å². The number of carboxylic acids is 1. The number of rotatable bonds is 3. The zero-order valence-electron chi connectivity index (χ0n) is 13.8. The molecule has 26 heavy (non-hydrogen) atoms. The van der Waals surface area contributed by atoms with Crippen LogP contribution >= 0.6 is 0 Å². The van der Waals surface area contributed by atoms with E-state index < -0.39 is 5.97 Å². The topological polar surface area (TPSA) is 66.4 Å². The lowest BCUT2D eigenvalue weighted by Crippen LogP contribution is -2.14. The third kappa shape index (κ3) is 2.89. The van der Waals surface area contributed by atoms with Gasteiger partial charge in [0.2, 0.25) is 0 Å². The summed E-state index contributed by atoms with van der Waals surface area (Å²) in [7, 11) is 0. The van der Waals surface area contributed by atoms with E-state index in [9.17, 15) is 14.7 Å². The van der Waals surface area contributed by atoms with Gasteiger partial charge in [0.1, 0.15) is 0 Å². The minimum Gasteiger partial charge on any atom is -0.478 e. The van der Waals surface area contributed by atoms with Gasteiger partial charge in [-0.05, 0) is 45.8 Å². The van der Waals surface area contributed by atoms with Gasteiger partial charge in [-0.25, -0.2) is 4.79 Å². The molecule has 0 aliphatic carbocycles. The summed E-state index contributed by atoms with van der Waals surface area (Å²) < 4.78 is 0. The first-order valence-corrected chi connectivity index (χ1v) is 8.18. The Morgan fingerprint density at radius 1 is 0.692 bits per heavy atom. The molecule has 4 heteroatoms. The molecule has 0 fully saturated rings. The van der Waals surface area contributed by atoms with Gasteiger partial charge in [0.15, 0.2) is 0 Å². The quantitative estimate of drug-likeness (QED) is 0.554. The summed E-state index contributed by atoms with van der Waals surface area (Å²) in [4.78, 5) is 24.3. The van der Waals surface area contributed by atoms with Crippen molar-refractivity contribution < 1.29 is 14.7 Å². The highest BCUT2D eigenvalue weighted by molar-refractivity contribution is 6.11. The molecule has 0 saturated heterocycles. The van der Waals surface area contributed by atoms with E-state index in [0.717, 1.165) is 21.5 Å². The molecule has 0 saturated carbocycles. The van der Waals surface area contributed by atoms with E-state index in [4.69, 9.17) is 0 Å². The summed E-state index contributed by atoms with van der Waals surface area (Å²) in [5.74, 6) is -1.42. The molecule has 0 atom stereocenters. The van der Waals surface area contributed by atoms with Crippen molar-refractivity contribution in [2.75, 3.05) is 5.32 Å². The second kappa shape index (κ2) is 6.33. The average Bonchev–Trinajstić information content (AvgIpc) is 2.66. The van der Waals surface area contributed by atoms with Gasteiger partial charge in [0, 0.05) is 5.56 Å². The highest BCUT2D eigenvalue weighted by Crippen LogP contribution is 2.25. The van der Waals surface area contributed by atoms with Crippen LogP contribution in [-0.2, 0) is 0 Å². The summed E-state index contributed by atoms with van der Waals surface area (Å²) in [5, 5.41) is 15.9. The number of nitrogens with one attached hydrogen (secondary N) is 1. The standard InChI is InChI=1S/C22H15NO3/c24-21(18-10-9-14-5-1-2-6-15(14)11-18)23-20-13-17-8-4-3-7-16(17)12-19(20)22(25)26/h1-13H,(H,23,24)(H,25,26). The highest BCUT2D eigenvalue weighted by atomic mass is 16.4. The summed E-state index contributed by atoms with van der Waals surface area (Å²) >= 11 is 0. The lowest BCUT2D eigenvalue weighted by Gasteiger charge is -2.11. The number of fused-ring (bicyclic) bond motifs is 2. The normalized spacial score (nSPS) is 10.8. The Bertz CT molecular complexity index is 1160. The number of carbonyl (C=O) groups excluding carboxylic acids is 1. The first kappa shape index (κ1) is 15.8. The Morgan fingerprint density at radius 3 is 1.92 bits per heavy atom. The fraction of sp³-hybridized carbons (Fsp3) is 0. The van der Waals surface area contributed by atoms with Gasteiger partial charge in [-0.3, -0.25) is 4.79 Å². The van der Waals surface area contributed by atoms with Crippen LogP contribution in [0.1, 0.15) is 20.7 Å². The van der Waals surface area contributed by atoms with E-state index in [1.165, 1.54) is 0 Å². The zero-order chi connectivity index (χ0) is 18.1. The molecule has 0 radical (unpaired) electrons. The molecule has 0 bridgehead atoms. The zero-order valence-corrected chi connectivity index (χ0v) is 13.8. The van der Waals surface area contributed by atoms with Gasteiger partial charge < -0.3 is 10.4 Å². The van der Waals surface area contributed by atoms with Gasteiger partial charge in [-0.15, -0.1) is 0 Å². The van der Waals surface area contributed by atoms with E-state index in [0.29, 0.717) is 5.56 Å². The van der Waals surface area contributed by atoms with Gasteiger partial charge in [-0.2, -0.15) is 0 Å². The van der Waals surface area contributed by atoms with Crippen molar-refractivity contribution >= 4 is 39.1 Å². The molecule has 0 aliphatic heterocycles. The number of carboxylic acid groups (broad SMARTS) is 1. The molecule has 126 valence electrons. The van der Waals surface area contributed by atoms with Crippen LogP contribution in [0.2, 0.25) is 0 Å². The van der Waals surface area contributed by atoms with Crippen LogP contribution in [0.3, 0.4) is 0 Å². The Kier molecular flexibility index (Phi) is 3.86. The van der Waals surface area contributed by atoms with Crippen molar-refractivity contribution in [3.8, 4) is 0 Å². The number of hydrogen-bond acceptors (Lipinski definition) is 2. The second-order valence-electron chi connectivity index (χ2n) is 6.07. The smallest absolute Gasteiger partial charge is 0.337 e. The molecule has 0 unspecified atom stereocenters. The summed E-state index contributed by atoms with van der Waals surface area (Å²) in [6.07, 6.45) is 0. The van der Waals surface area contributed by atoms with Crippen LogP contribution in [0.15, 0.2) is 78.9 Å². The number of amides is 1. The lowest BCUT2D eigenvalue weighted by molar-refractivity contribution is 0.0698. The molecular weight excluding hydrogens is 326 g/mol. The van der Waals surface area contributed by atoms with E-state index >= 15 is 0 Å². The number of benzene rings is 4. The summed E-state index contributed by atoms with van der Waals surface area (Å²) in [6, 6.07) is 23.9. The molecule has 0 heterocycles. The Hall–Kier alpha value is -3.66. The molecule has 1 amide bonds. The van der Waals surface area contributed by atoms with Gasteiger partial charge in [0.25, 0.3) is 5.91 Å². The van der Waals surface area contributed by atoms with Crippen LogP contribution in [0, 0.1) is 0 Å². The maximum Gasteiger partial charge on any atom is 0.337 e. The van der Waals surface area contributed by atoms with E-state index in [2.05, 4.69) is 5.32 Å². The molecule has 4 nitrogen and oxygen atoms in total.